The molecule has 2 aliphatic rings. The van der Waals surface area contributed by atoms with E-state index in [1.807, 2.05) is 13.8 Å². The molecule has 7 nitrogen and oxygen atoms in total. The summed E-state index contributed by atoms with van der Waals surface area (Å²) in [5.74, 6) is 2.34. The fourth-order valence-electron chi connectivity index (χ4n) is 3.54. The van der Waals surface area contributed by atoms with Crippen molar-refractivity contribution >= 4 is 16.6 Å². The molecule has 136 valence electrons. The normalized spacial score (nSPS) is 31.4. The highest BCUT2D eigenvalue weighted by molar-refractivity contribution is 7.84. The largest absolute Gasteiger partial charge is 0.396 e. The first-order chi connectivity index (χ1) is 11.8. The van der Waals surface area contributed by atoms with Crippen LogP contribution in [0.2, 0.25) is 0 Å². The molecule has 0 spiro atoms. The van der Waals surface area contributed by atoms with E-state index in [2.05, 4.69) is 21.2 Å². The van der Waals surface area contributed by atoms with E-state index in [9.17, 15) is 9.32 Å². The van der Waals surface area contributed by atoms with Gasteiger partial charge >= 0.3 is 0 Å². The van der Waals surface area contributed by atoms with Crippen molar-refractivity contribution in [3.63, 3.8) is 0 Å². The van der Waals surface area contributed by atoms with Crippen LogP contribution >= 0.6 is 0 Å². The number of anilines is 1. The molecule has 2 N–H and O–H groups in total. The van der Waals surface area contributed by atoms with E-state index in [1.165, 1.54) is 6.26 Å². The zero-order valence-corrected chi connectivity index (χ0v) is 15.6. The molecular weight excluding hydrogens is 342 g/mol. The molecule has 1 aromatic rings. The number of aliphatic hydroxyl groups excluding tert-OH is 1. The molecule has 0 aromatic carbocycles. The summed E-state index contributed by atoms with van der Waals surface area (Å²) >= 11 is 0. The molecule has 2 heterocycles. The van der Waals surface area contributed by atoms with Crippen molar-refractivity contribution < 1.29 is 18.8 Å². The molecule has 1 saturated heterocycles. The second kappa shape index (κ2) is 6.65. The first-order valence-electron chi connectivity index (χ1n) is 8.17. The third-order valence-corrected chi connectivity index (χ3v) is 5.31. The Morgan fingerprint density at radius 1 is 1.40 bits per heavy atom. The van der Waals surface area contributed by atoms with Gasteiger partial charge in [-0.05, 0) is 27.2 Å². The molecule has 2 fully saturated rings. The van der Waals surface area contributed by atoms with Crippen molar-refractivity contribution in [3.05, 3.63) is 11.3 Å². The molecule has 1 aliphatic heterocycles. The Bertz CT molecular complexity index is 746. The molecule has 1 saturated carbocycles. The van der Waals surface area contributed by atoms with Crippen LogP contribution in [-0.4, -0.2) is 56.2 Å². The van der Waals surface area contributed by atoms with Crippen LogP contribution in [-0.2, 0) is 20.3 Å². The van der Waals surface area contributed by atoms with Gasteiger partial charge in [0.1, 0.15) is 11.9 Å². The van der Waals surface area contributed by atoms with Crippen molar-refractivity contribution in [2.75, 3.05) is 18.2 Å². The van der Waals surface area contributed by atoms with E-state index < -0.39 is 16.6 Å². The SMILES string of the molecule is C#Cc1c(C)nc(S(C)=O)nc1N[C@@H]1C[C@H](CO)[C@H]2OC(C)(C)O[C@H]21. The van der Waals surface area contributed by atoms with Gasteiger partial charge in [0.05, 0.1) is 34.2 Å². The summed E-state index contributed by atoms with van der Waals surface area (Å²) < 4.78 is 23.7. The van der Waals surface area contributed by atoms with Crippen LogP contribution in [0.4, 0.5) is 5.82 Å². The van der Waals surface area contributed by atoms with Gasteiger partial charge in [-0.2, -0.15) is 0 Å². The predicted molar refractivity (Wildman–Crippen MR) is 93.5 cm³/mol. The topological polar surface area (TPSA) is 93.6 Å². The standard InChI is InChI=1S/C17H23N3O4S/c1-6-11-9(2)18-16(25(5)22)20-15(11)19-12-7-10(8-21)13-14(12)24-17(3,4)23-13/h1,10,12-14,21H,7-8H2,2-5H3,(H,18,19,20)/t10-,12-,13-,14+,25?/m1/s1. The molecule has 3 rings (SSSR count). The number of nitrogens with zero attached hydrogens (tertiary/aromatic N) is 2. The van der Waals surface area contributed by atoms with Crippen LogP contribution in [0.15, 0.2) is 5.16 Å². The van der Waals surface area contributed by atoms with Crippen molar-refractivity contribution in [1.29, 1.82) is 0 Å². The maximum atomic E-state index is 11.8. The molecule has 0 bridgehead atoms. The monoisotopic (exact) mass is 365 g/mol. The Labute approximate surface area is 150 Å². The Balaban J connectivity index is 1.92. The average molecular weight is 365 g/mol. The summed E-state index contributed by atoms with van der Waals surface area (Å²) in [6.07, 6.45) is 7.40. The number of aliphatic hydroxyl groups is 1. The minimum atomic E-state index is -1.32. The summed E-state index contributed by atoms with van der Waals surface area (Å²) in [6, 6.07) is -0.122. The van der Waals surface area contributed by atoms with Crippen LogP contribution in [0.5, 0.6) is 0 Å². The van der Waals surface area contributed by atoms with Gasteiger partial charge in [0.25, 0.3) is 0 Å². The first-order valence-corrected chi connectivity index (χ1v) is 9.73. The van der Waals surface area contributed by atoms with Gasteiger partial charge in [0.15, 0.2) is 5.79 Å². The van der Waals surface area contributed by atoms with Gasteiger partial charge in [0, 0.05) is 18.8 Å². The number of ether oxygens (including phenoxy) is 2. The summed E-state index contributed by atoms with van der Waals surface area (Å²) in [7, 11) is -1.32. The van der Waals surface area contributed by atoms with Gasteiger partial charge in [-0.15, -0.1) is 6.42 Å². The van der Waals surface area contributed by atoms with Gasteiger partial charge in [-0.25, -0.2) is 9.97 Å². The van der Waals surface area contributed by atoms with Gasteiger partial charge in [0.2, 0.25) is 5.16 Å². The smallest absolute Gasteiger partial charge is 0.220 e. The van der Waals surface area contributed by atoms with Crippen molar-refractivity contribution in [1.82, 2.24) is 9.97 Å². The maximum Gasteiger partial charge on any atom is 0.220 e. The Hall–Kier alpha value is -1.53. The lowest BCUT2D eigenvalue weighted by Crippen LogP contribution is -2.35. The Morgan fingerprint density at radius 3 is 2.68 bits per heavy atom. The number of nitrogens with one attached hydrogen (secondary N) is 1. The third-order valence-electron chi connectivity index (χ3n) is 4.61. The number of rotatable bonds is 4. The van der Waals surface area contributed by atoms with Crippen LogP contribution < -0.4 is 5.32 Å². The average Bonchev–Trinajstić information content (AvgIpc) is 3.00. The van der Waals surface area contributed by atoms with E-state index in [0.29, 0.717) is 23.5 Å². The van der Waals surface area contributed by atoms with Crippen LogP contribution in [0, 0.1) is 25.2 Å². The quantitative estimate of drug-likeness (QED) is 0.602. The Kier molecular flexibility index (Phi) is 4.86. The van der Waals surface area contributed by atoms with Crippen molar-refractivity contribution in [2.45, 2.75) is 56.4 Å². The summed E-state index contributed by atoms with van der Waals surface area (Å²) in [4.78, 5) is 8.55. The Morgan fingerprint density at radius 2 is 2.08 bits per heavy atom. The molecule has 5 atom stereocenters. The van der Waals surface area contributed by atoms with E-state index in [4.69, 9.17) is 15.9 Å². The summed E-state index contributed by atoms with van der Waals surface area (Å²) in [5, 5.41) is 13.2. The van der Waals surface area contributed by atoms with E-state index in [0.717, 1.165) is 0 Å². The summed E-state index contributed by atoms with van der Waals surface area (Å²) in [5.41, 5.74) is 1.14. The lowest BCUT2D eigenvalue weighted by Gasteiger charge is -2.24. The molecule has 0 radical (unpaired) electrons. The summed E-state index contributed by atoms with van der Waals surface area (Å²) in [6.45, 7) is 5.51. The number of hydrogen-bond acceptors (Lipinski definition) is 7. The zero-order chi connectivity index (χ0) is 18.4. The second-order valence-corrected chi connectivity index (χ2v) is 8.18. The number of aryl methyl sites for hydroxylation is 1. The van der Waals surface area contributed by atoms with Crippen molar-refractivity contribution in [2.24, 2.45) is 5.92 Å². The highest BCUT2D eigenvalue weighted by Gasteiger charge is 2.53. The minimum Gasteiger partial charge on any atom is -0.396 e. The van der Waals surface area contributed by atoms with Gasteiger partial charge < -0.3 is 19.9 Å². The van der Waals surface area contributed by atoms with E-state index in [-0.39, 0.29) is 35.9 Å². The second-order valence-electron chi connectivity index (χ2n) is 6.91. The first kappa shape index (κ1) is 18.3. The molecule has 0 amide bonds. The fraction of sp³-hybridized carbons (Fsp3) is 0.647. The molecule has 1 aromatic heterocycles. The number of hydrogen-bond donors (Lipinski definition) is 2. The number of aromatic nitrogens is 2. The van der Waals surface area contributed by atoms with Crippen LogP contribution in [0.3, 0.4) is 0 Å². The van der Waals surface area contributed by atoms with Crippen LogP contribution in [0.1, 0.15) is 31.5 Å². The fourth-order valence-corrected chi connectivity index (χ4v) is 4.02. The molecule has 8 heteroatoms. The molecular formula is C17H23N3O4S. The third kappa shape index (κ3) is 3.42. The number of terminal acetylenes is 1. The highest BCUT2D eigenvalue weighted by atomic mass is 32.2. The minimum absolute atomic E-state index is 0.0216. The van der Waals surface area contributed by atoms with E-state index in [1.54, 1.807) is 6.92 Å². The van der Waals surface area contributed by atoms with Crippen LogP contribution in [0.25, 0.3) is 0 Å². The molecule has 1 unspecified atom stereocenters. The lowest BCUT2D eigenvalue weighted by atomic mass is 10.1. The van der Waals surface area contributed by atoms with Gasteiger partial charge in [-0.1, -0.05) is 5.92 Å². The maximum absolute atomic E-state index is 11.8. The molecule has 25 heavy (non-hydrogen) atoms. The zero-order valence-electron chi connectivity index (χ0n) is 14.8. The highest BCUT2D eigenvalue weighted by Crippen LogP contribution is 2.42. The molecule has 1 aliphatic carbocycles. The van der Waals surface area contributed by atoms with Gasteiger partial charge in [-0.3, -0.25) is 4.21 Å². The predicted octanol–water partition coefficient (Wildman–Crippen LogP) is 0.817. The number of fused-ring (bicyclic) bond motifs is 1. The van der Waals surface area contributed by atoms with E-state index >= 15 is 0 Å². The lowest BCUT2D eigenvalue weighted by molar-refractivity contribution is -0.158. The van der Waals surface area contributed by atoms with Crippen molar-refractivity contribution in [3.8, 4) is 12.3 Å².